The van der Waals surface area contributed by atoms with Gasteiger partial charge in [-0.3, -0.25) is 14.5 Å². The first kappa shape index (κ1) is 15.2. The van der Waals surface area contributed by atoms with Crippen LogP contribution < -0.4 is 11.2 Å². The second-order valence-corrected chi connectivity index (χ2v) is 5.67. The maximum Gasteiger partial charge on any atom is 0.358 e. The van der Waals surface area contributed by atoms with Crippen molar-refractivity contribution in [3.8, 4) is 5.82 Å². The number of carbonyl (C=O) groups is 1. The minimum atomic E-state index is -0.625. The number of nitrogens with one attached hydrogen (secondary N) is 1. The topological polar surface area (TPSA) is 99.0 Å². The van der Waals surface area contributed by atoms with Gasteiger partial charge in [0.25, 0.3) is 5.56 Å². The number of esters is 1. The molecule has 3 rings (SSSR count). The molecule has 0 radical (unpaired) electrons. The maximum atomic E-state index is 12.3. The van der Waals surface area contributed by atoms with Gasteiger partial charge in [0, 0.05) is 17.6 Å². The highest BCUT2D eigenvalue weighted by Crippen LogP contribution is 2.19. The van der Waals surface area contributed by atoms with E-state index in [0.29, 0.717) is 21.2 Å². The smallest absolute Gasteiger partial charge is 0.358 e. The van der Waals surface area contributed by atoms with Gasteiger partial charge in [-0.1, -0.05) is 15.9 Å². The molecular weight excluding hydrogens is 368 g/mol. The van der Waals surface area contributed by atoms with Crippen LogP contribution in [0.2, 0.25) is 0 Å². The molecule has 0 atom stereocenters. The SMILES string of the molecule is COC(=O)c1cc(-n2c(=O)[nH]c(=O)c3ccc(Br)cc32)n(C)n1. The third-order valence-corrected chi connectivity index (χ3v) is 3.84. The molecule has 2 aromatic heterocycles. The number of fused-ring (bicyclic) bond motifs is 1. The first-order chi connectivity index (χ1) is 10.9. The molecule has 0 spiro atoms. The lowest BCUT2D eigenvalue weighted by Crippen LogP contribution is -2.30. The molecule has 0 aliphatic carbocycles. The summed E-state index contributed by atoms with van der Waals surface area (Å²) in [6, 6.07) is 6.38. The van der Waals surface area contributed by atoms with Gasteiger partial charge >= 0.3 is 11.7 Å². The molecule has 0 saturated carbocycles. The van der Waals surface area contributed by atoms with Crippen LogP contribution in [0.15, 0.2) is 38.3 Å². The van der Waals surface area contributed by atoms with Gasteiger partial charge in [-0.05, 0) is 18.2 Å². The summed E-state index contributed by atoms with van der Waals surface area (Å²) in [6.45, 7) is 0. The lowest BCUT2D eigenvalue weighted by atomic mass is 10.2. The lowest BCUT2D eigenvalue weighted by molar-refractivity contribution is 0.0593. The molecule has 3 aromatic rings. The molecule has 0 aliphatic rings. The molecule has 0 amide bonds. The van der Waals surface area contributed by atoms with Crippen molar-refractivity contribution in [1.82, 2.24) is 19.3 Å². The summed E-state index contributed by atoms with van der Waals surface area (Å²) in [5.74, 6) is -0.287. The Morgan fingerprint density at radius 3 is 2.74 bits per heavy atom. The van der Waals surface area contributed by atoms with Gasteiger partial charge in [0.05, 0.1) is 18.0 Å². The molecule has 23 heavy (non-hydrogen) atoms. The second kappa shape index (κ2) is 5.51. The van der Waals surface area contributed by atoms with Crippen LogP contribution in [0, 0.1) is 0 Å². The summed E-state index contributed by atoms with van der Waals surface area (Å²) < 4.78 is 7.98. The van der Waals surface area contributed by atoms with Crippen LogP contribution in [-0.2, 0) is 11.8 Å². The zero-order valence-electron chi connectivity index (χ0n) is 12.2. The predicted molar refractivity (Wildman–Crippen MR) is 86.0 cm³/mol. The fraction of sp³-hybridized carbons (Fsp3) is 0.143. The normalized spacial score (nSPS) is 10.9. The van der Waals surface area contributed by atoms with Crippen molar-refractivity contribution in [2.45, 2.75) is 0 Å². The van der Waals surface area contributed by atoms with E-state index in [-0.39, 0.29) is 5.69 Å². The highest BCUT2D eigenvalue weighted by molar-refractivity contribution is 9.10. The lowest BCUT2D eigenvalue weighted by Gasteiger charge is -2.09. The van der Waals surface area contributed by atoms with E-state index in [1.165, 1.54) is 22.4 Å². The Hall–Kier alpha value is -2.68. The Bertz CT molecular complexity index is 1050. The molecule has 2 heterocycles. The van der Waals surface area contributed by atoms with E-state index in [1.807, 2.05) is 0 Å². The van der Waals surface area contributed by atoms with E-state index in [1.54, 1.807) is 25.2 Å². The van der Waals surface area contributed by atoms with Crippen LogP contribution >= 0.6 is 15.9 Å². The van der Waals surface area contributed by atoms with Crippen molar-refractivity contribution < 1.29 is 9.53 Å². The number of ether oxygens (including phenoxy) is 1. The zero-order chi connectivity index (χ0) is 16.7. The number of methoxy groups -OCH3 is 1. The number of nitrogens with zero attached hydrogens (tertiary/aromatic N) is 3. The zero-order valence-corrected chi connectivity index (χ0v) is 13.7. The number of aromatic nitrogens is 4. The third kappa shape index (κ3) is 2.48. The van der Waals surface area contributed by atoms with E-state index in [2.05, 4.69) is 30.7 Å². The summed E-state index contributed by atoms with van der Waals surface area (Å²) in [5.41, 5.74) is -0.650. The van der Waals surface area contributed by atoms with Crippen LogP contribution in [-0.4, -0.2) is 32.4 Å². The van der Waals surface area contributed by atoms with Crippen molar-refractivity contribution in [3.63, 3.8) is 0 Å². The van der Waals surface area contributed by atoms with Crippen LogP contribution in [0.5, 0.6) is 0 Å². The predicted octanol–water partition coefficient (Wildman–Crippen LogP) is 0.962. The number of halogens is 1. The minimum Gasteiger partial charge on any atom is -0.464 e. The van der Waals surface area contributed by atoms with Crippen molar-refractivity contribution in [2.24, 2.45) is 7.05 Å². The average molecular weight is 379 g/mol. The quantitative estimate of drug-likeness (QED) is 0.669. The van der Waals surface area contributed by atoms with Gasteiger partial charge in [-0.2, -0.15) is 5.10 Å². The van der Waals surface area contributed by atoms with Crippen molar-refractivity contribution in [1.29, 1.82) is 0 Å². The number of rotatable bonds is 2. The second-order valence-electron chi connectivity index (χ2n) is 4.76. The van der Waals surface area contributed by atoms with Gasteiger partial charge in [-0.25, -0.2) is 14.2 Å². The Morgan fingerprint density at radius 2 is 2.04 bits per heavy atom. The van der Waals surface area contributed by atoms with E-state index < -0.39 is 17.2 Å². The molecule has 0 bridgehead atoms. The van der Waals surface area contributed by atoms with Crippen LogP contribution in [0.4, 0.5) is 0 Å². The molecule has 0 aliphatic heterocycles. The molecule has 0 fully saturated rings. The van der Waals surface area contributed by atoms with Crippen molar-refractivity contribution in [3.05, 3.63) is 55.3 Å². The monoisotopic (exact) mass is 378 g/mol. The first-order valence-electron chi connectivity index (χ1n) is 6.49. The number of hydrogen-bond acceptors (Lipinski definition) is 5. The van der Waals surface area contributed by atoms with E-state index in [0.717, 1.165) is 0 Å². The number of carbonyl (C=O) groups excluding carboxylic acids is 1. The standard InChI is InChI=1S/C14H11BrN4O4/c1-18-11(6-9(17-18)13(21)23-2)19-10-5-7(15)3-4-8(10)12(20)16-14(19)22/h3-6H,1-2H3,(H,16,20,22). The highest BCUT2D eigenvalue weighted by atomic mass is 79.9. The Labute approximate surface area is 137 Å². The fourth-order valence-corrected chi connectivity index (χ4v) is 2.66. The largest absolute Gasteiger partial charge is 0.464 e. The van der Waals surface area contributed by atoms with Gasteiger partial charge in [-0.15, -0.1) is 0 Å². The third-order valence-electron chi connectivity index (χ3n) is 3.35. The number of aromatic amines is 1. The highest BCUT2D eigenvalue weighted by Gasteiger charge is 2.17. The number of aryl methyl sites for hydroxylation is 1. The van der Waals surface area contributed by atoms with Gasteiger partial charge in [0.2, 0.25) is 0 Å². The molecule has 8 nitrogen and oxygen atoms in total. The number of hydrogen-bond donors (Lipinski definition) is 1. The van der Waals surface area contributed by atoms with E-state index in [4.69, 9.17) is 0 Å². The van der Waals surface area contributed by atoms with Gasteiger partial charge in [0.1, 0.15) is 5.82 Å². The molecule has 1 aromatic carbocycles. The van der Waals surface area contributed by atoms with Crippen LogP contribution in [0.25, 0.3) is 16.7 Å². The average Bonchev–Trinajstić information content (AvgIpc) is 2.88. The molecule has 118 valence electrons. The Kier molecular flexibility index (Phi) is 3.64. The summed E-state index contributed by atoms with van der Waals surface area (Å²) in [6.07, 6.45) is 0. The van der Waals surface area contributed by atoms with Crippen LogP contribution in [0.1, 0.15) is 10.5 Å². The molecule has 0 unspecified atom stereocenters. The van der Waals surface area contributed by atoms with Crippen molar-refractivity contribution in [2.75, 3.05) is 7.11 Å². The summed E-state index contributed by atoms with van der Waals surface area (Å²) >= 11 is 3.32. The molecule has 9 heteroatoms. The maximum absolute atomic E-state index is 12.3. The number of benzene rings is 1. The van der Waals surface area contributed by atoms with Crippen molar-refractivity contribution >= 4 is 32.8 Å². The summed E-state index contributed by atoms with van der Waals surface area (Å²) in [4.78, 5) is 38.1. The Morgan fingerprint density at radius 1 is 1.30 bits per heavy atom. The fourth-order valence-electron chi connectivity index (χ4n) is 2.31. The summed E-state index contributed by atoms with van der Waals surface area (Å²) in [5, 5.41) is 4.37. The minimum absolute atomic E-state index is 0.0613. The van der Waals surface area contributed by atoms with E-state index >= 15 is 0 Å². The van der Waals surface area contributed by atoms with Gasteiger partial charge < -0.3 is 4.74 Å². The van der Waals surface area contributed by atoms with Crippen LogP contribution in [0.3, 0.4) is 0 Å². The molecule has 0 saturated heterocycles. The first-order valence-corrected chi connectivity index (χ1v) is 7.29. The van der Waals surface area contributed by atoms with Gasteiger partial charge in [0.15, 0.2) is 5.69 Å². The van der Waals surface area contributed by atoms with E-state index in [9.17, 15) is 14.4 Å². The number of H-pyrrole nitrogens is 1. The molecular formula is C14H11BrN4O4. The Balaban J connectivity index is 2.39. The summed E-state index contributed by atoms with van der Waals surface area (Å²) in [7, 11) is 2.83. The molecule has 1 N–H and O–H groups in total.